The summed E-state index contributed by atoms with van der Waals surface area (Å²) in [4.78, 5) is 2.53. The van der Waals surface area contributed by atoms with Gasteiger partial charge in [0.1, 0.15) is 5.75 Å². The number of likely N-dealkylation sites (tertiary alicyclic amines) is 1. The van der Waals surface area contributed by atoms with E-state index in [0.29, 0.717) is 6.54 Å². The molecule has 1 fully saturated rings. The highest BCUT2D eigenvalue weighted by molar-refractivity contribution is 7.95. The average Bonchev–Trinajstić information content (AvgIpc) is 2.62. The number of phenolic OH excluding ortho intramolecular Hbond substituents is 1. The van der Waals surface area contributed by atoms with Gasteiger partial charge in [0, 0.05) is 12.0 Å². The summed E-state index contributed by atoms with van der Waals surface area (Å²) in [7, 11) is -3.38. The lowest BCUT2D eigenvalue weighted by molar-refractivity contribution is 0.255. The maximum Gasteiger partial charge on any atom is 0.200 e. The number of aromatic hydroxyl groups is 1. The van der Waals surface area contributed by atoms with Crippen LogP contribution in [0.2, 0.25) is 0 Å². The smallest absolute Gasteiger partial charge is 0.200 e. The number of benzene rings is 1. The summed E-state index contributed by atoms with van der Waals surface area (Å²) in [5.74, 6) is -0.00468. The normalized spacial score (nSPS) is 22.0. The van der Waals surface area contributed by atoms with Gasteiger partial charge in [0.2, 0.25) is 9.84 Å². The Balaban J connectivity index is 1.92. The van der Waals surface area contributed by atoms with Crippen LogP contribution >= 0.6 is 0 Å². The van der Waals surface area contributed by atoms with Crippen LogP contribution in [0.15, 0.2) is 28.5 Å². The molecule has 0 spiro atoms. The Morgan fingerprint density at radius 3 is 2.63 bits per heavy atom. The van der Waals surface area contributed by atoms with E-state index >= 15 is 0 Å². The Labute approximate surface area is 113 Å². The molecule has 0 aromatic heterocycles. The van der Waals surface area contributed by atoms with Crippen molar-refractivity contribution < 1.29 is 13.5 Å². The lowest BCUT2D eigenvalue weighted by Gasteiger charge is -2.26. The van der Waals surface area contributed by atoms with Crippen molar-refractivity contribution in [3.05, 3.63) is 29.2 Å². The molecular formula is C14H17NO3S. The standard InChI is InChI=1S/C14H17NO3S/c16-12-4-5-13-11(9-15-6-2-1-3-7-15)10-19(17,18)14(13)8-12/h4-5,8,10,16H,1-3,6-7,9H2. The molecule has 3 rings (SSSR count). The van der Waals surface area contributed by atoms with Gasteiger partial charge in [-0.1, -0.05) is 6.42 Å². The zero-order chi connectivity index (χ0) is 13.5. The monoisotopic (exact) mass is 279 g/mol. The molecule has 0 unspecified atom stereocenters. The van der Waals surface area contributed by atoms with Gasteiger partial charge >= 0.3 is 0 Å². The van der Waals surface area contributed by atoms with Crippen LogP contribution < -0.4 is 0 Å². The highest BCUT2D eigenvalue weighted by Crippen LogP contribution is 2.36. The Morgan fingerprint density at radius 1 is 1.16 bits per heavy atom. The van der Waals surface area contributed by atoms with Gasteiger partial charge < -0.3 is 5.11 Å². The number of fused-ring (bicyclic) bond motifs is 1. The molecule has 2 heterocycles. The number of hydrogen-bond acceptors (Lipinski definition) is 4. The third-order valence-corrected chi connectivity index (χ3v) is 5.30. The number of hydrogen-bond donors (Lipinski definition) is 1. The van der Waals surface area contributed by atoms with E-state index in [4.69, 9.17) is 0 Å². The highest BCUT2D eigenvalue weighted by Gasteiger charge is 2.28. The van der Waals surface area contributed by atoms with Crippen LogP contribution in [0.1, 0.15) is 24.8 Å². The fraction of sp³-hybridized carbons (Fsp3) is 0.429. The molecule has 1 aromatic carbocycles. The van der Waals surface area contributed by atoms with E-state index in [0.717, 1.165) is 24.2 Å². The van der Waals surface area contributed by atoms with Crippen LogP contribution in [0.3, 0.4) is 0 Å². The molecular weight excluding hydrogens is 262 g/mol. The van der Waals surface area contributed by atoms with E-state index in [1.807, 2.05) is 0 Å². The lowest BCUT2D eigenvalue weighted by Crippen LogP contribution is -2.30. The number of piperidine rings is 1. The van der Waals surface area contributed by atoms with Crippen LogP contribution in [0.4, 0.5) is 0 Å². The van der Waals surface area contributed by atoms with E-state index in [1.54, 1.807) is 12.1 Å². The maximum atomic E-state index is 12.1. The van der Waals surface area contributed by atoms with Gasteiger partial charge in [-0.3, -0.25) is 4.90 Å². The number of sulfone groups is 1. The minimum atomic E-state index is -3.38. The summed E-state index contributed by atoms with van der Waals surface area (Å²) in [6.07, 6.45) is 3.63. The predicted molar refractivity (Wildman–Crippen MR) is 73.6 cm³/mol. The predicted octanol–water partition coefficient (Wildman–Crippen LogP) is 2.01. The summed E-state index contributed by atoms with van der Waals surface area (Å²) in [5, 5.41) is 10.8. The minimum absolute atomic E-state index is 0.00468. The highest BCUT2D eigenvalue weighted by atomic mass is 32.2. The average molecular weight is 279 g/mol. The van der Waals surface area contributed by atoms with E-state index in [9.17, 15) is 13.5 Å². The Hall–Kier alpha value is -1.33. The van der Waals surface area contributed by atoms with Gasteiger partial charge in [-0.25, -0.2) is 8.42 Å². The van der Waals surface area contributed by atoms with Gasteiger partial charge in [0.25, 0.3) is 0 Å². The molecule has 102 valence electrons. The van der Waals surface area contributed by atoms with Gasteiger partial charge in [-0.05, 0) is 55.3 Å². The second-order valence-corrected chi connectivity index (χ2v) is 6.97. The molecule has 0 radical (unpaired) electrons. The summed E-state index contributed by atoms with van der Waals surface area (Å²) in [5.41, 5.74) is 1.58. The zero-order valence-corrected chi connectivity index (χ0v) is 11.5. The molecule has 2 aliphatic heterocycles. The molecule has 4 nitrogen and oxygen atoms in total. The van der Waals surface area contributed by atoms with Crippen molar-refractivity contribution in [1.82, 2.24) is 4.90 Å². The lowest BCUT2D eigenvalue weighted by atomic mass is 10.1. The van der Waals surface area contributed by atoms with E-state index in [2.05, 4.69) is 4.90 Å². The summed E-state index contributed by atoms with van der Waals surface area (Å²) in [6, 6.07) is 4.58. The van der Waals surface area contributed by atoms with Crippen LogP contribution in [0.5, 0.6) is 5.75 Å². The second-order valence-electron chi connectivity index (χ2n) is 5.21. The van der Waals surface area contributed by atoms with Crippen molar-refractivity contribution in [3.8, 4) is 5.75 Å². The SMILES string of the molecule is O=S1(=O)C=C(CN2CCCCC2)c2ccc(O)cc21. The molecule has 1 aromatic rings. The van der Waals surface area contributed by atoms with Gasteiger partial charge in [0.05, 0.1) is 4.90 Å². The van der Waals surface area contributed by atoms with Crippen molar-refractivity contribution >= 4 is 15.4 Å². The van der Waals surface area contributed by atoms with Crippen LogP contribution in [0, 0.1) is 0 Å². The van der Waals surface area contributed by atoms with Crippen LogP contribution in [-0.4, -0.2) is 38.1 Å². The fourth-order valence-corrected chi connectivity index (χ4v) is 4.30. The first-order valence-corrected chi connectivity index (χ1v) is 8.12. The van der Waals surface area contributed by atoms with Crippen molar-refractivity contribution in [2.24, 2.45) is 0 Å². The molecule has 0 amide bonds. The van der Waals surface area contributed by atoms with Crippen molar-refractivity contribution in [1.29, 1.82) is 0 Å². The molecule has 5 heteroatoms. The quantitative estimate of drug-likeness (QED) is 0.899. The van der Waals surface area contributed by atoms with Crippen molar-refractivity contribution in [2.45, 2.75) is 24.2 Å². The third kappa shape index (κ3) is 2.40. The number of nitrogens with zero attached hydrogens (tertiary/aromatic N) is 1. The summed E-state index contributed by atoms with van der Waals surface area (Å²) < 4.78 is 24.1. The largest absolute Gasteiger partial charge is 0.508 e. The van der Waals surface area contributed by atoms with Gasteiger partial charge in [-0.2, -0.15) is 0 Å². The molecule has 0 atom stereocenters. The minimum Gasteiger partial charge on any atom is -0.508 e. The number of rotatable bonds is 2. The Kier molecular flexibility index (Phi) is 3.11. The van der Waals surface area contributed by atoms with Crippen molar-refractivity contribution in [3.63, 3.8) is 0 Å². The summed E-state index contributed by atoms with van der Waals surface area (Å²) in [6.45, 7) is 2.74. The first-order valence-electron chi connectivity index (χ1n) is 6.58. The second kappa shape index (κ2) is 4.65. The van der Waals surface area contributed by atoms with Crippen molar-refractivity contribution in [2.75, 3.05) is 19.6 Å². The fourth-order valence-electron chi connectivity index (χ4n) is 2.81. The first-order chi connectivity index (χ1) is 9.06. The maximum absolute atomic E-state index is 12.1. The van der Waals surface area contributed by atoms with Gasteiger partial charge in [-0.15, -0.1) is 0 Å². The van der Waals surface area contributed by atoms with E-state index < -0.39 is 9.84 Å². The topological polar surface area (TPSA) is 57.6 Å². The van der Waals surface area contributed by atoms with E-state index in [1.165, 1.54) is 30.7 Å². The number of phenols is 1. The van der Waals surface area contributed by atoms with Crippen LogP contribution in [-0.2, 0) is 9.84 Å². The molecule has 2 aliphatic rings. The van der Waals surface area contributed by atoms with Gasteiger partial charge in [0.15, 0.2) is 0 Å². The summed E-state index contributed by atoms with van der Waals surface area (Å²) >= 11 is 0. The first kappa shape index (κ1) is 12.7. The molecule has 19 heavy (non-hydrogen) atoms. The Bertz CT molecular complexity index is 628. The molecule has 1 saturated heterocycles. The molecule has 1 N–H and O–H groups in total. The zero-order valence-electron chi connectivity index (χ0n) is 10.7. The Morgan fingerprint density at radius 2 is 1.89 bits per heavy atom. The third-order valence-electron chi connectivity index (χ3n) is 3.76. The van der Waals surface area contributed by atoms with Crippen LogP contribution in [0.25, 0.3) is 5.57 Å². The molecule has 0 saturated carbocycles. The van der Waals surface area contributed by atoms with E-state index in [-0.39, 0.29) is 10.6 Å². The molecule has 0 bridgehead atoms. The molecule has 0 aliphatic carbocycles.